The molecule has 0 saturated carbocycles. The van der Waals surface area contributed by atoms with E-state index in [1.807, 2.05) is 0 Å². The van der Waals surface area contributed by atoms with Crippen molar-refractivity contribution in [2.75, 3.05) is 6.61 Å². The van der Waals surface area contributed by atoms with Crippen LogP contribution in [0.25, 0.3) is 0 Å². The summed E-state index contributed by atoms with van der Waals surface area (Å²) in [6.45, 7) is -0.778. The molecule has 56 valence electrons. The molecule has 3 N–H and O–H groups in total. The smallest absolute Gasteiger partial charge is 0.329 e. The Bertz CT molecular complexity index is 163. The summed E-state index contributed by atoms with van der Waals surface area (Å²) in [5.41, 5.74) is 0. The minimum atomic E-state index is -1.19. The molecule has 0 aromatic heterocycles. The van der Waals surface area contributed by atoms with Crippen LogP contribution in [0.2, 0.25) is 0 Å². The van der Waals surface area contributed by atoms with Crippen LogP contribution in [0.1, 0.15) is 0 Å². The molecular formula is C5H7NO4. The van der Waals surface area contributed by atoms with E-state index in [2.05, 4.69) is 5.32 Å². The second-order valence-corrected chi connectivity index (χ2v) is 1.39. The van der Waals surface area contributed by atoms with Crippen molar-refractivity contribution in [3.8, 4) is 0 Å². The summed E-state index contributed by atoms with van der Waals surface area (Å²) in [5.74, 6) is -1.19. The lowest BCUT2D eigenvalue weighted by Gasteiger charge is -1.97. The number of aliphatic hydroxyl groups excluding tert-OH is 1. The van der Waals surface area contributed by atoms with E-state index in [4.69, 9.17) is 15.0 Å². The number of hydrogen-bond acceptors (Lipinski definition) is 3. The average Bonchev–Trinajstić information content (AvgIpc) is 1.85. The summed E-state index contributed by atoms with van der Waals surface area (Å²) in [5, 5.41) is 17.4. The molecule has 5 heteroatoms. The zero-order valence-electron chi connectivity index (χ0n) is 5.07. The second kappa shape index (κ2) is 4.51. The minimum absolute atomic E-state index is 0.00463. The zero-order valence-corrected chi connectivity index (χ0v) is 5.07. The van der Waals surface area contributed by atoms with E-state index in [0.29, 0.717) is 0 Å². The zero-order chi connectivity index (χ0) is 7.98. The van der Waals surface area contributed by atoms with Gasteiger partial charge >= 0.3 is 5.97 Å². The van der Waals surface area contributed by atoms with E-state index in [0.717, 1.165) is 0 Å². The third-order valence-corrected chi connectivity index (χ3v) is 0.596. The van der Waals surface area contributed by atoms with Crippen molar-refractivity contribution in [3.05, 3.63) is 12.3 Å². The summed E-state index contributed by atoms with van der Waals surface area (Å²) in [6, 6.07) is 0. The van der Waals surface area contributed by atoms with Crippen molar-refractivity contribution < 1.29 is 19.8 Å². The maximum absolute atomic E-state index is 9.70. The lowest BCUT2D eigenvalue weighted by Crippen LogP contribution is -2.22. The van der Waals surface area contributed by atoms with Crippen LogP contribution in [-0.2, 0) is 9.59 Å². The third-order valence-electron chi connectivity index (χ3n) is 0.596. The Morgan fingerprint density at radius 2 is 2.00 bits per heavy atom. The highest BCUT2D eigenvalue weighted by Crippen LogP contribution is 1.78. The highest BCUT2D eigenvalue weighted by Gasteiger charge is 1.95. The van der Waals surface area contributed by atoms with Gasteiger partial charge in [-0.3, -0.25) is 4.79 Å². The SMILES string of the molecule is O=C(O)CO.O=C1C=CN1. The lowest BCUT2D eigenvalue weighted by atomic mass is 10.4. The third kappa shape index (κ3) is 4.79. The second-order valence-electron chi connectivity index (χ2n) is 1.39. The van der Waals surface area contributed by atoms with E-state index in [1.165, 1.54) is 6.08 Å². The summed E-state index contributed by atoms with van der Waals surface area (Å²) >= 11 is 0. The predicted molar refractivity (Wildman–Crippen MR) is 32.0 cm³/mol. The first-order valence-corrected chi connectivity index (χ1v) is 2.46. The van der Waals surface area contributed by atoms with E-state index in [-0.39, 0.29) is 5.91 Å². The van der Waals surface area contributed by atoms with Crippen LogP contribution in [0.4, 0.5) is 0 Å². The molecular weight excluding hydrogens is 138 g/mol. The molecule has 0 spiro atoms. The van der Waals surface area contributed by atoms with Crippen LogP contribution >= 0.6 is 0 Å². The van der Waals surface area contributed by atoms with Crippen LogP contribution in [0.15, 0.2) is 12.3 Å². The number of carboxylic acids is 1. The number of rotatable bonds is 1. The fraction of sp³-hybridized carbons (Fsp3) is 0.200. The molecule has 1 rings (SSSR count). The molecule has 1 aliphatic heterocycles. The molecule has 0 unspecified atom stereocenters. The number of carboxylic acid groups (broad SMARTS) is 1. The van der Waals surface area contributed by atoms with Crippen LogP contribution < -0.4 is 5.32 Å². The molecule has 0 fully saturated rings. The number of hydrogen-bond donors (Lipinski definition) is 3. The molecule has 0 radical (unpaired) electrons. The van der Waals surface area contributed by atoms with Gasteiger partial charge in [0.05, 0.1) is 0 Å². The highest BCUT2D eigenvalue weighted by molar-refractivity contribution is 5.93. The van der Waals surface area contributed by atoms with Crippen LogP contribution in [0.5, 0.6) is 0 Å². The Kier molecular flexibility index (Phi) is 3.90. The minimum Gasteiger partial charge on any atom is -0.480 e. The van der Waals surface area contributed by atoms with Crippen molar-refractivity contribution >= 4 is 11.9 Å². The first-order valence-electron chi connectivity index (χ1n) is 2.46. The Balaban J connectivity index is 0.000000162. The topological polar surface area (TPSA) is 86.6 Å². The van der Waals surface area contributed by atoms with Gasteiger partial charge in [-0.1, -0.05) is 0 Å². The van der Waals surface area contributed by atoms with Crippen molar-refractivity contribution in [2.45, 2.75) is 0 Å². The number of carbonyl (C=O) groups excluding carboxylic acids is 1. The summed E-state index contributed by atoms with van der Waals surface area (Å²) < 4.78 is 0. The van der Waals surface area contributed by atoms with Crippen LogP contribution in [0.3, 0.4) is 0 Å². The number of aliphatic carboxylic acids is 1. The van der Waals surface area contributed by atoms with Gasteiger partial charge in [0.25, 0.3) is 0 Å². The quantitative estimate of drug-likeness (QED) is 0.427. The van der Waals surface area contributed by atoms with Gasteiger partial charge in [-0.25, -0.2) is 4.79 Å². The fourth-order valence-corrected chi connectivity index (χ4v) is 0.151. The number of amides is 1. The van der Waals surface area contributed by atoms with Crippen molar-refractivity contribution in [2.24, 2.45) is 0 Å². The van der Waals surface area contributed by atoms with Crippen molar-refractivity contribution in [3.63, 3.8) is 0 Å². The first kappa shape index (κ1) is 8.64. The van der Waals surface area contributed by atoms with Crippen LogP contribution in [0, 0.1) is 0 Å². The highest BCUT2D eigenvalue weighted by atomic mass is 16.4. The molecule has 0 atom stereocenters. The van der Waals surface area contributed by atoms with Crippen molar-refractivity contribution in [1.82, 2.24) is 5.32 Å². The Hall–Kier alpha value is -1.36. The first-order chi connectivity index (χ1) is 4.66. The molecule has 0 bridgehead atoms. The summed E-state index contributed by atoms with van der Waals surface area (Å²) in [7, 11) is 0. The summed E-state index contributed by atoms with van der Waals surface area (Å²) in [4.78, 5) is 18.8. The molecule has 0 aliphatic carbocycles. The standard InChI is InChI=1S/C3H3NO.C2H4O3/c5-3-1-2-4-3;3-1-2(4)5/h1-2H,(H,4,5);3H,1H2,(H,4,5). The molecule has 0 aromatic rings. The van der Waals surface area contributed by atoms with Gasteiger partial charge in [0, 0.05) is 12.3 Å². The molecule has 1 amide bonds. The molecule has 1 heterocycles. The Morgan fingerprint density at radius 3 is 2.00 bits per heavy atom. The van der Waals surface area contributed by atoms with Gasteiger partial charge in [-0.05, 0) is 0 Å². The molecule has 1 aliphatic rings. The fourth-order valence-electron chi connectivity index (χ4n) is 0.151. The van der Waals surface area contributed by atoms with Gasteiger partial charge < -0.3 is 15.5 Å². The maximum Gasteiger partial charge on any atom is 0.329 e. The van der Waals surface area contributed by atoms with E-state index in [1.54, 1.807) is 6.20 Å². The normalized spacial score (nSPS) is 12.3. The number of nitrogens with one attached hydrogen (secondary N) is 1. The van der Waals surface area contributed by atoms with E-state index < -0.39 is 12.6 Å². The predicted octanol–water partition coefficient (Wildman–Crippen LogP) is -1.31. The summed E-state index contributed by atoms with van der Waals surface area (Å²) in [6.07, 6.45) is 3.07. The largest absolute Gasteiger partial charge is 0.480 e. The molecule has 5 nitrogen and oxygen atoms in total. The van der Waals surface area contributed by atoms with Gasteiger partial charge in [0.2, 0.25) is 5.91 Å². The monoisotopic (exact) mass is 145 g/mol. The van der Waals surface area contributed by atoms with Gasteiger partial charge in [0.15, 0.2) is 0 Å². The number of aliphatic hydroxyl groups is 1. The Morgan fingerprint density at radius 1 is 1.70 bits per heavy atom. The van der Waals surface area contributed by atoms with E-state index in [9.17, 15) is 4.79 Å². The van der Waals surface area contributed by atoms with Gasteiger partial charge in [0.1, 0.15) is 6.61 Å². The van der Waals surface area contributed by atoms with Gasteiger partial charge in [-0.2, -0.15) is 0 Å². The van der Waals surface area contributed by atoms with Gasteiger partial charge in [-0.15, -0.1) is 0 Å². The molecule has 10 heavy (non-hydrogen) atoms. The molecule has 0 aromatic carbocycles. The van der Waals surface area contributed by atoms with Crippen LogP contribution in [-0.4, -0.2) is 28.7 Å². The number of carbonyl (C=O) groups is 2. The van der Waals surface area contributed by atoms with E-state index >= 15 is 0 Å². The average molecular weight is 145 g/mol. The molecule has 0 saturated heterocycles. The van der Waals surface area contributed by atoms with Crippen molar-refractivity contribution in [1.29, 1.82) is 0 Å². The lowest BCUT2D eigenvalue weighted by molar-refractivity contribution is -0.140. The maximum atomic E-state index is 9.70. The Labute approximate surface area is 57.0 Å².